The van der Waals surface area contributed by atoms with Gasteiger partial charge in [0.15, 0.2) is 0 Å². The third-order valence-electron chi connectivity index (χ3n) is 3.84. The van der Waals surface area contributed by atoms with E-state index in [-0.39, 0.29) is 0 Å². The third-order valence-corrected chi connectivity index (χ3v) is 3.84. The van der Waals surface area contributed by atoms with E-state index < -0.39 is 0 Å². The van der Waals surface area contributed by atoms with Crippen molar-refractivity contribution >= 4 is 11.3 Å². The number of allylic oxidation sites excluding steroid dienone is 9. The van der Waals surface area contributed by atoms with E-state index in [9.17, 15) is 0 Å². The highest BCUT2D eigenvalue weighted by Gasteiger charge is 2.02. The highest BCUT2D eigenvalue weighted by Crippen LogP contribution is 2.23. The first kappa shape index (κ1) is 20.5. The van der Waals surface area contributed by atoms with E-state index in [0.29, 0.717) is 0 Å². The van der Waals surface area contributed by atoms with Crippen molar-refractivity contribution in [2.75, 3.05) is 5.32 Å². The minimum atomic E-state index is 0.879. The molecule has 0 aliphatic carbocycles. The van der Waals surface area contributed by atoms with Crippen LogP contribution in [-0.4, -0.2) is 0 Å². The van der Waals surface area contributed by atoms with Gasteiger partial charge in [0, 0.05) is 11.4 Å². The Kier molecular flexibility index (Phi) is 7.94. The summed E-state index contributed by atoms with van der Waals surface area (Å²) < 4.78 is 0. The minimum Gasteiger partial charge on any atom is -0.356 e. The quantitative estimate of drug-likeness (QED) is 0.511. The lowest BCUT2D eigenvalue weighted by Crippen LogP contribution is -1.96. The highest BCUT2D eigenvalue weighted by molar-refractivity contribution is 5.70. The Morgan fingerprint density at radius 2 is 1.52 bits per heavy atom. The lowest BCUT2D eigenvalue weighted by Gasteiger charge is -2.10. The van der Waals surface area contributed by atoms with Crippen molar-refractivity contribution in [1.29, 1.82) is 0 Å². The van der Waals surface area contributed by atoms with Crippen LogP contribution in [0.5, 0.6) is 0 Å². The second kappa shape index (κ2) is 9.68. The molecule has 0 heterocycles. The van der Waals surface area contributed by atoms with Gasteiger partial charge in [0.1, 0.15) is 0 Å². The van der Waals surface area contributed by atoms with Crippen LogP contribution in [0.4, 0.5) is 5.69 Å². The molecule has 0 fully saturated rings. The zero-order chi connectivity index (χ0) is 19.0. The summed E-state index contributed by atoms with van der Waals surface area (Å²) in [6.45, 7) is 20.6. The van der Waals surface area contributed by atoms with E-state index in [4.69, 9.17) is 0 Å². The summed E-state index contributed by atoms with van der Waals surface area (Å²) in [5.41, 5.74) is 9.12. The van der Waals surface area contributed by atoms with Crippen LogP contribution in [0.1, 0.15) is 47.1 Å². The molecule has 132 valence electrons. The van der Waals surface area contributed by atoms with Gasteiger partial charge in [-0.2, -0.15) is 0 Å². The van der Waals surface area contributed by atoms with E-state index in [1.807, 2.05) is 26.0 Å². The Morgan fingerprint density at radius 3 is 2.00 bits per heavy atom. The SMILES string of the molecule is C=C(/C=C(C)\C=C/C)Nc1ccc(/C(C)=C/C(C(=C)C)=C(C)C)cc1. The van der Waals surface area contributed by atoms with Crippen molar-refractivity contribution in [3.8, 4) is 0 Å². The van der Waals surface area contributed by atoms with Gasteiger partial charge in [0.25, 0.3) is 0 Å². The minimum absolute atomic E-state index is 0.879. The lowest BCUT2D eigenvalue weighted by molar-refractivity contribution is 1.29. The zero-order valence-corrected chi connectivity index (χ0v) is 16.5. The molecule has 0 aromatic heterocycles. The summed E-state index contributed by atoms with van der Waals surface area (Å²) in [7, 11) is 0. The first-order valence-electron chi connectivity index (χ1n) is 8.63. The molecule has 0 saturated heterocycles. The molecule has 0 saturated carbocycles. The van der Waals surface area contributed by atoms with Gasteiger partial charge < -0.3 is 5.32 Å². The van der Waals surface area contributed by atoms with Crippen LogP contribution in [0.3, 0.4) is 0 Å². The normalized spacial score (nSPS) is 12.2. The molecule has 1 nitrogen and oxygen atoms in total. The summed E-state index contributed by atoms with van der Waals surface area (Å²) in [6, 6.07) is 8.43. The van der Waals surface area contributed by atoms with Crippen molar-refractivity contribution in [2.24, 2.45) is 0 Å². The molecule has 0 atom stereocenters. The molecule has 1 aromatic rings. The molecule has 0 bridgehead atoms. The van der Waals surface area contributed by atoms with Gasteiger partial charge in [0.05, 0.1) is 0 Å². The molecule has 1 aromatic carbocycles. The number of hydrogen-bond acceptors (Lipinski definition) is 1. The van der Waals surface area contributed by atoms with Crippen molar-refractivity contribution in [1.82, 2.24) is 0 Å². The van der Waals surface area contributed by atoms with Crippen LogP contribution in [0.2, 0.25) is 0 Å². The fourth-order valence-corrected chi connectivity index (χ4v) is 2.62. The Hall–Kier alpha value is -2.54. The maximum absolute atomic E-state index is 4.07. The van der Waals surface area contributed by atoms with Gasteiger partial charge >= 0.3 is 0 Å². The fourth-order valence-electron chi connectivity index (χ4n) is 2.62. The van der Waals surface area contributed by atoms with E-state index in [1.54, 1.807) is 0 Å². The standard InChI is InChI=1S/C24H31N/c1-9-10-19(6)15-21(8)25-23-13-11-22(12-14-23)20(7)16-24(17(2)3)18(4)5/h9-16,25H,2,8H2,1,3-7H3/b10-9-,19-15-,20-16+. The maximum atomic E-state index is 4.07. The number of benzene rings is 1. The smallest absolute Gasteiger partial charge is 0.0384 e. The molecule has 0 amide bonds. The van der Waals surface area contributed by atoms with Crippen LogP contribution in [0.25, 0.3) is 5.57 Å². The van der Waals surface area contributed by atoms with Crippen molar-refractivity contribution < 1.29 is 0 Å². The van der Waals surface area contributed by atoms with Crippen molar-refractivity contribution in [3.63, 3.8) is 0 Å². The molecule has 1 heteroatoms. The second-order valence-electron chi connectivity index (χ2n) is 6.64. The Morgan fingerprint density at radius 1 is 0.920 bits per heavy atom. The third kappa shape index (κ3) is 6.84. The van der Waals surface area contributed by atoms with Crippen LogP contribution < -0.4 is 5.32 Å². The fraction of sp³-hybridized carbons (Fsp3) is 0.250. The van der Waals surface area contributed by atoms with Crippen LogP contribution in [0.15, 0.2) is 89.7 Å². The largest absolute Gasteiger partial charge is 0.356 e. The van der Waals surface area contributed by atoms with Gasteiger partial charge in [-0.05, 0) is 82.0 Å². The summed E-state index contributed by atoms with van der Waals surface area (Å²) >= 11 is 0. The van der Waals surface area contributed by atoms with Crippen LogP contribution >= 0.6 is 0 Å². The topological polar surface area (TPSA) is 12.0 Å². The Bertz CT molecular complexity index is 746. The summed E-state index contributed by atoms with van der Waals surface area (Å²) in [6.07, 6.45) is 8.33. The molecule has 1 N–H and O–H groups in total. The van der Waals surface area contributed by atoms with Gasteiger partial charge in [-0.15, -0.1) is 0 Å². The molecule has 1 rings (SSSR count). The van der Waals surface area contributed by atoms with Gasteiger partial charge in [-0.1, -0.05) is 54.7 Å². The molecule has 0 aliphatic heterocycles. The number of rotatable bonds is 7. The molecular formula is C24H31N. The lowest BCUT2D eigenvalue weighted by atomic mass is 9.98. The first-order chi connectivity index (χ1) is 11.7. The Labute approximate surface area is 153 Å². The van der Waals surface area contributed by atoms with E-state index in [2.05, 4.69) is 82.6 Å². The summed E-state index contributed by atoms with van der Waals surface area (Å²) in [5, 5.41) is 3.33. The van der Waals surface area contributed by atoms with E-state index in [0.717, 1.165) is 17.0 Å². The average molecular weight is 334 g/mol. The van der Waals surface area contributed by atoms with Crippen molar-refractivity contribution in [3.05, 3.63) is 95.3 Å². The van der Waals surface area contributed by atoms with Gasteiger partial charge in [-0.25, -0.2) is 0 Å². The van der Waals surface area contributed by atoms with Gasteiger partial charge in [0.2, 0.25) is 0 Å². The maximum Gasteiger partial charge on any atom is 0.0384 e. The molecule has 25 heavy (non-hydrogen) atoms. The predicted molar refractivity (Wildman–Crippen MR) is 115 cm³/mol. The van der Waals surface area contributed by atoms with Crippen LogP contribution in [0, 0.1) is 0 Å². The molecule has 0 spiro atoms. The number of hydrogen-bond donors (Lipinski definition) is 1. The average Bonchev–Trinajstić information content (AvgIpc) is 2.52. The second-order valence-corrected chi connectivity index (χ2v) is 6.64. The molecule has 0 radical (unpaired) electrons. The monoisotopic (exact) mass is 333 g/mol. The van der Waals surface area contributed by atoms with E-state index >= 15 is 0 Å². The Balaban J connectivity index is 2.93. The van der Waals surface area contributed by atoms with Crippen LogP contribution in [-0.2, 0) is 0 Å². The van der Waals surface area contributed by atoms with Crippen molar-refractivity contribution in [2.45, 2.75) is 41.5 Å². The zero-order valence-electron chi connectivity index (χ0n) is 16.5. The number of nitrogens with one attached hydrogen (secondary N) is 1. The molecule has 0 unspecified atom stereocenters. The summed E-state index contributed by atoms with van der Waals surface area (Å²) in [4.78, 5) is 0. The highest BCUT2D eigenvalue weighted by atomic mass is 14.9. The molecular weight excluding hydrogens is 302 g/mol. The van der Waals surface area contributed by atoms with Gasteiger partial charge in [-0.3, -0.25) is 0 Å². The molecule has 0 aliphatic rings. The van der Waals surface area contributed by atoms with E-state index in [1.165, 1.54) is 27.9 Å². The predicted octanol–water partition coefficient (Wildman–Crippen LogP) is 7.45. The first-order valence-corrected chi connectivity index (χ1v) is 8.63. The number of anilines is 1. The summed E-state index contributed by atoms with van der Waals surface area (Å²) in [5.74, 6) is 0.